The number of unbranched alkanes of at least 4 members (excludes halogenated alkanes) is 1. The highest BCUT2D eigenvalue weighted by Crippen LogP contribution is 2.40. The second kappa shape index (κ2) is 6.27. The fraction of sp³-hybridized carbons (Fsp3) is 0.667. The molecule has 116 valence electrons. The number of ether oxygens (including phenoxy) is 1. The van der Waals surface area contributed by atoms with E-state index >= 15 is 0 Å². The first-order valence-electron chi connectivity index (χ1n) is 8.48. The van der Waals surface area contributed by atoms with Crippen molar-refractivity contribution >= 4 is 5.69 Å². The Morgan fingerprint density at radius 1 is 1.33 bits per heavy atom. The molecule has 3 nitrogen and oxygen atoms in total. The molecule has 0 amide bonds. The van der Waals surface area contributed by atoms with Crippen molar-refractivity contribution in [1.29, 1.82) is 0 Å². The van der Waals surface area contributed by atoms with Gasteiger partial charge in [-0.15, -0.1) is 0 Å². The molecular weight excluding hydrogens is 260 g/mol. The van der Waals surface area contributed by atoms with Gasteiger partial charge in [0.2, 0.25) is 0 Å². The van der Waals surface area contributed by atoms with Crippen LogP contribution in [0.4, 0.5) is 5.69 Å². The number of nitrogens with one attached hydrogen (secondary N) is 1. The number of anilines is 1. The van der Waals surface area contributed by atoms with Gasteiger partial charge >= 0.3 is 0 Å². The Morgan fingerprint density at radius 3 is 2.95 bits per heavy atom. The van der Waals surface area contributed by atoms with Gasteiger partial charge in [-0.25, -0.2) is 0 Å². The molecule has 0 saturated heterocycles. The maximum Gasteiger partial charge on any atom is 0.143 e. The van der Waals surface area contributed by atoms with Crippen LogP contribution in [0.25, 0.3) is 0 Å². The predicted octanol–water partition coefficient (Wildman–Crippen LogP) is 3.07. The van der Waals surface area contributed by atoms with E-state index in [1.165, 1.54) is 29.7 Å². The number of rotatable bonds is 3. The first-order chi connectivity index (χ1) is 10.2. The molecule has 0 spiro atoms. The minimum Gasteiger partial charge on any atom is -0.487 e. The Hall–Kier alpha value is -1.22. The van der Waals surface area contributed by atoms with Crippen LogP contribution in [-0.2, 0) is 12.8 Å². The van der Waals surface area contributed by atoms with Crippen LogP contribution in [0.2, 0.25) is 0 Å². The first-order valence-corrected chi connectivity index (χ1v) is 8.48. The molecule has 0 saturated carbocycles. The summed E-state index contributed by atoms with van der Waals surface area (Å²) < 4.78 is 6.17. The number of nitrogens with zero attached hydrogens (tertiary/aromatic N) is 1. The molecule has 0 aliphatic carbocycles. The number of fused-ring (bicyclic) bond motifs is 2. The highest BCUT2D eigenvalue weighted by Gasteiger charge is 2.27. The van der Waals surface area contributed by atoms with Crippen LogP contribution in [0.1, 0.15) is 43.4 Å². The van der Waals surface area contributed by atoms with Gasteiger partial charge in [0.25, 0.3) is 0 Å². The van der Waals surface area contributed by atoms with Crippen LogP contribution < -0.4 is 15.0 Å². The molecule has 0 radical (unpaired) electrons. The highest BCUT2D eigenvalue weighted by atomic mass is 16.5. The normalized spacial score (nSPS) is 21.3. The molecule has 2 heterocycles. The largest absolute Gasteiger partial charge is 0.487 e. The lowest BCUT2D eigenvalue weighted by Gasteiger charge is -2.37. The summed E-state index contributed by atoms with van der Waals surface area (Å²) in [6.07, 6.45) is 5.05. The van der Waals surface area contributed by atoms with E-state index in [0.717, 1.165) is 44.8 Å². The fourth-order valence-corrected chi connectivity index (χ4v) is 3.71. The smallest absolute Gasteiger partial charge is 0.143 e. The zero-order chi connectivity index (χ0) is 14.8. The number of benzene rings is 1. The molecule has 0 fully saturated rings. The Balaban J connectivity index is 2.02. The van der Waals surface area contributed by atoms with Gasteiger partial charge in [0.05, 0.1) is 12.2 Å². The van der Waals surface area contributed by atoms with Gasteiger partial charge in [-0.3, -0.25) is 0 Å². The van der Waals surface area contributed by atoms with Gasteiger partial charge in [-0.05, 0) is 69.0 Å². The maximum absolute atomic E-state index is 6.17. The van der Waals surface area contributed by atoms with Crippen molar-refractivity contribution in [3.05, 3.63) is 22.8 Å². The third-order valence-corrected chi connectivity index (χ3v) is 4.76. The van der Waals surface area contributed by atoms with Crippen LogP contribution >= 0.6 is 0 Å². The standard InChI is InChI=1S/C18H28N2O/c1-4-5-10-20-12-13(2)21-17-11-15-6-8-19-9-7-16(15)14(3)18(17)20/h11,13,19H,4-10,12H2,1-3H3. The van der Waals surface area contributed by atoms with Crippen molar-refractivity contribution in [2.45, 2.75) is 52.6 Å². The summed E-state index contributed by atoms with van der Waals surface area (Å²) in [5.41, 5.74) is 5.86. The molecule has 21 heavy (non-hydrogen) atoms. The van der Waals surface area contributed by atoms with Gasteiger partial charge in [0.1, 0.15) is 11.9 Å². The van der Waals surface area contributed by atoms with Gasteiger partial charge < -0.3 is 15.0 Å². The molecule has 1 aromatic rings. The van der Waals surface area contributed by atoms with E-state index in [-0.39, 0.29) is 6.10 Å². The molecule has 2 aliphatic heterocycles. The summed E-state index contributed by atoms with van der Waals surface area (Å²) in [7, 11) is 0. The minimum atomic E-state index is 0.288. The van der Waals surface area contributed by atoms with Crippen molar-refractivity contribution in [3.8, 4) is 5.75 Å². The van der Waals surface area contributed by atoms with Crippen LogP contribution in [0.15, 0.2) is 6.07 Å². The molecule has 1 aromatic carbocycles. The van der Waals surface area contributed by atoms with E-state index in [9.17, 15) is 0 Å². The SMILES string of the molecule is CCCCN1CC(C)Oc2cc3c(c(C)c21)CCNCC3. The molecule has 2 aliphatic rings. The van der Waals surface area contributed by atoms with Gasteiger partial charge in [-0.1, -0.05) is 13.3 Å². The molecule has 3 rings (SSSR count). The summed E-state index contributed by atoms with van der Waals surface area (Å²) in [5.74, 6) is 1.11. The first kappa shape index (κ1) is 14.7. The Bertz CT molecular complexity index is 512. The fourth-order valence-electron chi connectivity index (χ4n) is 3.71. The van der Waals surface area contributed by atoms with Crippen LogP contribution in [-0.4, -0.2) is 32.3 Å². The third-order valence-electron chi connectivity index (χ3n) is 4.76. The summed E-state index contributed by atoms with van der Waals surface area (Å²) in [6.45, 7) is 11.1. The minimum absolute atomic E-state index is 0.288. The topological polar surface area (TPSA) is 24.5 Å². The molecule has 0 aromatic heterocycles. The molecule has 1 unspecified atom stereocenters. The van der Waals surface area contributed by atoms with E-state index in [2.05, 4.69) is 37.1 Å². The summed E-state index contributed by atoms with van der Waals surface area (Å²) >= 11 is 0. The van der Waals surface area contributed by atoms with Crippen molar-refractivity contribution < 1.29 is 4.74 Å². The summed E-state index contributed by atoms with van der Waals surface area (Å²) in [5, 5.41) is 3.51. The summed E-state index contributed by atoms with van der Waals surface area (Å²) in [4.78, 5) is 2.56. The quantitative estimate of drug-likeness (QED) is 0.925. The molecule has 1 N–H and O–H groups in total. The lowest BCUT2D eigenvalue weighted by molar-refractivity contribution is 0.212. The van der Waals surface area contributed by atoms with Gasteiger partial charge in [0, 0.05) is 6.54 Å². The maximum atomic E-state index is 6.17. The van der Waals surface area contributed by atoms with E-state index in [1.54, 1.807) is 5.56 Å². The van der Waals surface area contributed by atoms with Gasteiger partial charge in [0.15, 0.2) is 0 Å². The van der Waals surface area contributed by atoms with Crippen molar-refractivity contribution in [1.82, 2.24) is 5.32 Å². The van der Waals surface area contributed by atoms with Crippen LogP contribution in [0.3, 0.4) is 0 Å². The molecule has 1 atom stereocenters. The number of hydrogen-bond acceptors (Lipinski definition) is 3. The van der Waals surface area contributed by atoms with Crippen molar-refractivity contribution in [2.75, 3.05) is 31.1 Å². The second-order valence-electron chi connectivity index (χ2n) is 6.46. The van der Waals surface area contributed by atoms with Crippen LogP contribution in [0, 0.1) is 6.92 Å². The van der Waals surface area contributed by atoms with Crippen molar-refractivity contribution in [3.63, 3.8) is 0 Å². The third kappa shape index (κ3) is 2.89. The molecular formula is C18H28N2O. The average Bonchev–Trinajstić information content (AvgIpc) is 2.70. The van der Waals surface area contributed by atoms with E-state index in [1.807, 2.05) is 0 Å². The van der Waals surface area contributed by atoms with Crippen molar-refractivity contribution in [2.24, 2.45) is 0 Å². The average molecular weight is 288 g/mol. The lowest BCUT2D eigenvalue weighted by Crippen LogP contribution is -2.39. The zero-order valence-corrected chi connectivity index (χ0v) is 13.7. The van der Waals surface area contributed by atoms with E-state index in [4.69, 9.17) is 4.74 Å². The Morgan fingerprint density at radius 2 is 2.14 bits per heavy atom. The lowest BCUT2D eigenvalue weighted by atomic mass is 9.94. The van der Waals surface area contributed by atoms with E-state index < -0.39 is 0 Å². The zero-order valence-electron chi connectivity index (χ0n) is 13.7. The highest BCUT2D eigenvalue weighted by molar-refractivity contribution is 5.69. The van der Waals surface area contributed by atoms with Crippen LogP contribution in [0.5, 0.6) is 5.75 Å². The van der Waals surface area contributed by atoms with Gasteiger partial charge in [-0.2, -0.15) is 0 Å². The Kier molecular flexibility index (Phi) is 4.39. The molecule has 3 heteroatoms. The Labute approximate surface area is 128 Å². The monoisotopic (exact) mass is 288 g/mol. The summed E-state index contributed by atoms with van der Waals surface area (Å²) in [6, 6.07) is 2.32. The number of hydrogen-bond donors (Lipinski definition) is 1. The predicted molar refractivity (Wildman–Crippen MR) is 88.7 cm³/mol. The molecule has 0 bridgehead atoms. The van der Waals surface area contributed by atoms with E-state index in [0.29, 0.717) is 0 Å². The second-order valence-corrected chi connectivity index (χ2v) is 6.46.